The lowest BCUT2D eigenvalue weighted by Crippen LogP contribution is -2.25. The van der Waals surface area contributed by atoms with E-state index >= 15 is 0 Å². The SMILES string of the molecule is CCC(CC)n1c(-c2ccc3c(c2)NC(=O)CO3)csc1=Nc1ccc(Cl)c(Cl)c1. The molecule has 3 aromatic rings. The number of nitrogens with one attached hydrogen (secondary N) is 1. The Labute approximate surface area is 188 Å². The molecule has 2 aromatic carbocycles. The lowest BCUT2D eigenvalue weighted by molar-refractivity contribution is -0.118. The Hall–Kier alpha value is -2.28. The van der Waals surface area contributed by atoms with Gasteiger partial charge in [0.15, 0.2) is 11.4 Å². The van der Waals surface area contributed by atoms with Crippen LogP contribution in [0.1, 0.15) is 32.7 Å². The third-order valence-corrected chi connectivity index (χ3v) is 6.66. The molecule has 1 N–H and O–H groups in total. The van der Waals surface area contributed by atoms with Crippen LogP contribution in [0.5, 0.6) is 5.75 Å². The van der Waals surface area contributed by atoms with Gasteiger partial charge < -0.3 is 14.6 Å². The van der Waals surface area contributed by atoms with Crippen molar-refractivity contribution in [2.45, 2.75) is 32.7 Å². The molecule has 1 aliphatic heterocycles. The standard InChI is InChI=1S/C22H21Cl2N3O2S/c1-3-15(4-2)27-19(13-5-8-20-18(9-13)26-21(28)11-29-20)12-30-22(27)25-14-6-7-16(23)17(24)10-14/h5-10,12,15H,3-4,11H2,1-2H3,(H,26,28). The Balaban J connectivity index is 1.85. The van der Waals surface area contributed by atoms with E-state index in [2.05, 4.69) is 29.1 Å². The first-order chi connectivity index (χ1) is 14.5. The Kier molecular flexibility index (Phi) is 6.18. The van der Waals surface area contributed by atoms with Crippen LogP contribution in [0, 0.1) is 0 Å². The van der Waals surface area contributed by atoms with Crippen molar-refractivity contribution in [2.24, 2.45) is 4.99 Å². The van der Waals surface area contributed by atoms with Crippen molar-refractivity contribution in [3.63, 3.8) is 0 Å². The normalized spacial score (nSPS) is 13.9. The minimum atomic E-state index is -0.145. The maximum absolute atomic E-state index is 11.7. The molecule has 1 aromatic heterocycles. The first-order valence-corrected chi connectivity index (χ1v) is 11.4. The first kappa shape index (κ1) is 21.0. The predicted octanol–water partition coefficient (Wildman–Crippen LogP) is 6.45. The molecular formula is C22H21Cl2N3O2S. The van der Waals surface area contributed by atoms with Gasteiger partial charge in [0.05, 0.1) is 27.1 Å². The van der Waals surface area contributed by atoms with Gasteiger partial charge in [-0.3, -0.25) is 4.79 Å². The Morgan fingerprint density at radius 3 is 2.70 bits per heavy atom. The van der Waals surface area contributed by atoms with E-state index in [1.807, 2.05) is 24.3 Å². The number of carbonyl (C=O) groups excluding carboxylic acids is 1. The molecule has 0 bridgehead atoms. The molecule has 2 heterocycles. The lowest BCUT2D eigenvalue weighted by atomic mass is 10.1. The second kappa shape index (κ2) is 8.84. The summed E-state index contributed by atoms with van der Waals surface area (Å²) in [6.45, 7) is 4.39. The molecule has 1 amide bonds. The molecule has 0 fully saturated rings. The van der Waals surface area contributed by atoms with Crippen LogP contribution < -0.4 is 14.9 Å². The summed E-state index contributed by atoms with van der Waals surface area (Å²) in [6, 6.07) is 11.5. The van der Waals surface area contributed by atoms with Crippen molar-refractivity contribution in [3.8, 4) is 17.0 Å². The molecule has 0 saturated carbocycles. The van der Waals surface area contributed by atoms with E-state index in [0.717, 1.165) is 34.6 Å². The smallest absolute Gasteiger partial charge is 0.262 e. The number of benzene rings is 2. The largest absolute Gasteiger partial charge is 0.482 e. The summed E-state index contributed by atoms with van der Waals surface area (Å²) in [7, 11) is 0. The molecule has 1 aliphatic rings. The minimum absolute atomic E-state index is 0.0468. The van der Waals surface area contributed by atoms with Gasteiger partial charge in [-0.05, 0) is 49.2 Å². The number of fused-ring (bicyclic) bond motifs is 1. The van der Waals surface area contributed by atoms with Gasteiger partial charge in [-0.1, -0.05) is 37.0 Å². The number of thiazole rings is 1. The van der Waals surface area contributed by atoms with Gasteiger partial charge in [-0.25, -0.2) is 4.99 Å². The van der Waals surface area contributed by atoms with Crippen molar-refractivity contribution in [1.29, 1.82) is 0 Å². The molecule has 0 radical (unpaired) electrons. The van der Waals surface area contributed by atoms with Crippen molar-refractivity contribution in [3.05, 3.63) is 56.6 Å². The van der Waals surface area contributed by atoms with Gasteiger partial charge in [-0.15, -0.1) is 11.3 Å². The molecular weight excluding hydrogens is 441 g/mol. The summed E-state index contributed by atoms with van der Waals surface area (Å²) < 4.78 is 7.76. The van der Waals surface area contributed by atoms with E-state index in [4.69, 9.17) is 32.9 Å². The zero-order valence-electron chi connectivity index (χ0n) is 16.6. The van der Waals surface area contributed by atoms with Gasteiger partial charge in [-0.2, -0.15) is 0 Å². The quantitative estimate of drug-likeness (QED) is 0.474. The van der Waals surface area contributed by atoms with Crippen molar-refractivity contribution >= 4 is 51.8 Å². The highest BCUT2D eigenvalue weighted by molar-refractivity contribution is 7.07. The number of amides is 1. The van der Waals surface area contributed by atoms with E-state index in [0.29, 0.717) is 21.5 Å². The number of hydrogen-bond acceptors (Lipinski definition) is 4. The summed E-state index contributed by atoms with van der Waals surface area (Å²) in [4.78, 5) is 17.5. The van der Waals surface area contributed by atoms with E-state index in [1.165, 1.54) is 0 Å². The average Bonchev–Trinajstić information content (AvgIpc) is 3.14. The molecule has 0 unspecified atom stereocenters. The van der Waals surface area contributed by atoms with Crippen LogP contribution in [0.4, 0.5) is 11.4 Å². The second-order valence-electron chi connectivity index (χ2n) is 7.00. The zero-order chi connectivity index (χ0) is 21.3. The van der Waals surface area contributed by atoms with Crippen LogP contribution in [0.3, 0.4) is 0 Å². The highest BCUT2D eigenvalue weighted by Crippen LogP contribution is 2.34. The van der Waals surface area contributed by atoms with Gasteiger partial charge in [0.25, 0.3) is 5.91 Å². The number of halogens is 2. The molecule has 0 atom stereocenters. The molecule has 0 aliphatic carbocycles. The van der Waals surface area contributed by atoms with Gasteiger partial charge in [0, 0.05) is 17.0 Å². The predicted molar refractivity (Wildman–Crippen MR) is 123 cm³/mol. The number of carbonyl (C=O) groups is 1. The molecule has 156 valence electrons. The summed E-state index contributed by atoms with van der Waals surface area (Å²) in [5.41, 5.74) is 3.49. The van der Waals surface area contributed by atoms with Crippen molar-refractivity contribution in [1.82, 2.24) is 4.57 Å². The van der Waals surface area contributed by atoms with Crippen LogP contribution in [-0.2, 0) is 4.79 Å². The topological polar surface area (TPSA) is 55.6 Å². The van der Waals surface area contributed by atoms with E-state index in [-0.39, 0.29) is 18.6 Å². The maximum Gasteiger partial charge on any atom is 0.262 e. The highest BCUT2D eigenvalue weighted by Gasteiger charge is 2.19. The molecule has 5 nitrogen and oxygen atoms in total. The molecule has 8 heteroatoms. The number of hydrogen-bond donors (Lipinski definition) is 1. The fourth-order valence-electron chi connectivity index (χ4n) is 3.53. The molecule has 0 spiro atoms. The van der Waals surface area contributed by atoms with Crippen LogP contribution in [-0.4, -0.2) is 17.1 Å². The fourth-order valence-corrected chi connectivity index (χ4v) is 4.80. The fraction of sp³-hybridized carbons (Fsp3) is 0.273. The zero-order valence-corrected chi connectivity index (χ0v) is 18.9. The van der Waals surface area contributed by atoms with Crippen LogP contribution >= 0.6 is 34.5 Å². The Morgan fingerprint density at radius 1 is 1.17 bits per heavy atom. The Morgan fingerprint density at radius 2 is 1.97 bits per heavy atom. The summed E-state index contributed by atoms with van der Waals surface area (Å²) in [6.07, 6.45) is 1.94. The first-order valence-electron chi connectivity index (χ1n) is 9.77. The third-order valence-electron chi connectivity index (χ3n) is 5.09. The second-order valence-corrected chi connectivity index (χ2v) is 8.65. The number of rotatable bonds is 5. The number of aromatic nitrogens is 1. The van der Waals surface area contributed by atoms with Gasteiger partial charge in [0.2, 0.25) is 0 Å². The molecule has 0 saturated heterocycles. The third kappa shape index (κ3) is 4.13. The monoisotopic (exact) mass is 461 g/mol. The van der Waals surface area contributed by atoms with E-state index in [9.17, 15) is 4.79 Å². The summed E-state index contributed by atoms with van der Waals surface area (Å²) in [5.74, 6) is 0.538. The van der Waals surface area contributed by atoms with E-state index < -0.39 is 0 Å². The van der Waals surface area contributed by atoms with Crippen LogP contribution in [0.2, 0.25) is 10.0 Å². The summed E-state index contributed by atoms with van der Waals surface area (Å²) >= 11 is 13.8. The lowest BCUT2D eigenvalue weighted by Gasteiger charge is -2.21. The van der Waals surface area contributed by atoms with Gasteiger partial charge >= 0.3 is 0 Å². The van der Waals surface area contributed by atoms with E-state index in [1.54, 1.807) is 23.5 Å². The minimum Gasteiger partial charge on any atom is -0.482 e. The molecule has 4 rings (SSSR count). The summed E-state index contributed by atoms with van der Waals surface area (Å²) in [5, 5.41) is 5.97. The number of nitrogens with zero attached hydrogens (tertiary/aromatic N) is 2. The maximum atomic E-state index is 11.7. The number of ether oxygens (including phenoxy) is 1. The van der Waals surface area contributed by atoms with Gasteiger partial charge in [0.1, 0.15) is 5.75 Å². The van der Waals surface area contributed by atoms with Crippen molar-refractivity contribution < 1.29 is 9.53 Å². The average molecular weight is 462 g/mol. The number of anilines is 1. The van der Waals surface area contributed by atoms with Crippen LogP contribution in [0.25, 0.3) is 11.3 Å². The molecule has 30 heavy (non-hydrogen) atoms. The highest BCUT2D eigenvalue weighted by atomic mass is 35.5. The van der Waals surface area contributed by atoms with Crippen LogP contribution in [0.15, 0.2) is 46.8 Å². The Bertz CT molecular complexity index is 1170. The van der Waals surface area contributed by atoms with Crippen molar-refractivity contribution in [2.75, 3.05) is 11.9 Å².